The van der Waals surface area contributed by atoms with E-state index in [1.54, 1.807) is 7.11 Å². The van der Waals surface area contributed by atoms with Crippen molar-refractivity contribution in [2.45, 2.75) is 12.0 Å². The van der Waals surface area contributed by atoms with Gasteiger partial charge < -0.3 is 9.64 Å². The molecule has 25 heavy (non-hydrogen) atoms. The normalized spacial score (nSPS) is 19.4. The van der Waals surface area contributed by atoms with Crippen LogP contribution in [0, 0.1) is 0 Å². The Labute approximate surface area is 147 Å². The quantitative estimate of drug-likeness (QED) is 0.656. The maximum atomic E-state index is 13.0. The molecule has 3 aromatic rings. The Bertz CT molecular complexity index is 860. The lowest BCUT2D eigenvalue weighted by molar-refractivity contribution is -0.126. The Morgan fingerprint density at radius 2 is 1.36 bits per heavy atom. The van der Waals surface area contributed by atoms with E-state index >= 15 is 0 Å². The Kier molecular flexibility index (Phi) is 3.98. The molecule has 0 radical (unpaired) electrons. The maximum Gasteiger partial charge on any atom is 0.237 e. The second-order valence-electron chi connectivity index (χ2n) is 6.15. The van der Waals surface area contributed by atoms with Gasteiger partial charge in [0.2, 0.25) is 5.91 Å². The number of hydrogen-bond acceptors (Lipinski definition) is 2. The molecule has 3 aromatic carbocycles. The molecule has 3 heteroatoms. The minimum absolute atomic E-state index is 0.00416. The molecule has 4 rings (SSSR count). The first-order valence-electron chi connectivity index (χ1n) is 8.36. The molecule has 0 unspecified atom stereocenters. The van der Waals surface area contributed by atoms with E-state index in [4.69, 9.17) is 4.74 Å². The highest BCUT2D eigenvalue weighted by atomic mass is 16.5. The number of nitrogens with zero attached hydrogens (tertiary/aromatic N) is 1. The molecule has 1 amide bonds. The van der Waals surface area contributed by atoms with E-state index < -0.39 is 0 Å². The molecule has 1 heterocycles. The number of β-lactam (4-membered cyclic amide) rings is 1. The highest BCUT2D eigenvalue weighted by Gasteiger charge is 2.49. The molecule has 0 saturated carbocycles. The zero-order chi connectivity index (χ0) is 17.2. The number of carbonyl (C=O) groups excluding carboxylic acids is 1. The molecule has 0 spiro atoms. The topological polar surface area (TPSA) is 29.5 Å². The number of hydrogen-bond donors (Lipinski definition) is 0. The lowest BCUT2D eigenvalue weighted by Crippen LogP contribution is -2.53. The molecule has 3 nitrogen and oxygen atoms in total. The van der Waals surface area contributed by atoms with Gasteiger partial charge in [-0.3, -0.25) is 4.79 Å². The number of rotatable bonds is 4. The first-order chi connectivity index (χ1) is 12.3. The molecule has 1 saturated heterocycles. The molecule has 1 fully saturated rings. The lowest BCUT2D eigenvalue weighted by Gasteiger charge is -2.47. The minimum atomic E-state index is -0.173. The van der Waals surface area contributed by atoms with Gasteiger partial charge in [0.15, 0.2) is 0 Å². The second kappa shape index (κ2) is 6.44. The smallest absolute Gasteiger partial charge is 0.237 e. The fourth-order valence-corrected chi connectivity index (χ4v) is 3.49. The Balaban J connectivity index is 1.74. The van der Waals surface area contributed by atoms with Crippen LogP contribution in [-0.2, 0) is 4.79 Å². The van der Waals surface area contributed by atoms with Gasteiger partial charge in [0, 0.05) is 5.69 Å². The third kappa shape index (κ3) is 2.68. The second-order valence-corrected chi connectivity index (χ2v) is 6.15. The van der Waals surface area contributed by atoms with Crippen molar-refractivity contribution in [2.24, 2.45) is 0 Å². The summed E-state index contributed by atoms with van der Waals surface area (Å²) in [5.74, 6) is 0.755. The summed E-state index contributed by atoms with van der Waals surface area (Å²) in [7, 11) is 1.65. The summed E-state index contributed by atoms with van der Waals surface area (Å²) in [5.41, 5.74) is 3.10. The number of anilines is 1. The van der Waals surface area contributed by atoms with E-state index in [0.717, 1.165) is 22.6 Å². The van der Waals surface area contributed by atoms with E-state index in [0.29, 0.717) is 0 Å². The molecule has 0 N–H and O–H groups in total. The van der Waals surface area contributed by atoms with Crippen LogP contribution < -0.4 is 9.64 Å². The number of amides is 1. The van der Waals surface area contributed by atoms with Crippen LogP contribution in [0.2, 0.25) is 0 Å². The van der Waals surface area contributed by atoms with Crippen LogP contribution in [-0.4, -0.2) is 13.0 Å². The highest BCUT2D eigenvalue weighted by molar-refractivity contribution is 6.06. The van der Waals surface area contributed by atoms with Crippen molar-refractivity contribution in [2.75, 3.05) is 12.0 Å². The predicted molar refractivity (Wildman–Crippen MR) is 98.8 cm³/mol. The first kappa shape index (κ1) is 15.5. The van der Waals surface area contributed by atoms with Crippen molar-refractivity contribution in [3.05, 3.63) is 96.1 Å². The van der Waals surface area contributed by atoms with Crippen LogP contribution >= 0.6 is 0 Å². The van der Waals surface area contributed by atoms with Crippen molar-refractivity contribution >= 4 is 11.6 Å². The van der Waals surface area contributed by atoms with E-state index in [1.165, 1.54) is 0 Å². The minimum Gasteiger partial charge on any atom is -0.497 e. The standard InChI is InChI=1S/C22H19NO2/c1-25-19-14-12-16(13-15-19)20-21(17-8-4-2-5-9-17)23(22(20)24)18-10-6-3-7-11-18/h2-15,20-21H,1H3/t20-,21-/m1/s1. The Hall–Kier alpha value is -3.07. The van der Waals surface area contributed by atoms with Crippen LogP contribution in [0.4, 0.5) is 5.69 Å². The van der Waals surface area contributed by atoms with E-state index in [1.807, 2.05) is 77.7 Å². The van der Waals surface area contributed by atoms with Gasteiger partial charge in [-0.2, -0.15) is 0 Å². The molecule has 124 valence electrons. The van der Waals surface area contributed by atoms with Gasteiger partial charge in [0.1, 0.15) is 5.75 Å². The number of benzene rings is 3. The fraction of sp³-hybridized carbons (Fsp3) is 0.136. The molecule has 0 aliphatic carbocycles. The fourth-order valence-electron chi connectivity index (χ4n) is 3.49. The number of para-hydroxylation sites is 1. The van der Waals surface area contributed by atoms with Crippen LogP contribution in [0.25, 0.3) is 0 Å². The van der Waals surface area contributed by atoms with E-state index in [2.05, 4.69) is 12.1 Å². The van der Waals surface area contributed by atoms with Gasteiger partial charge in [0.05, 0.1) is 19.1 Å². The molecular weight excluding hydrogens is 310 g/mol. The van der Waals surface area contributed by atoms with E-state index in [9.17, 15) is 4.79 Å². The van der Waals surface area contributed by atoms with Gasteiger partial charge in [-0.1, -0.05) is 60.7 Å². The van der Waals surface area contributed by atoms with Gasteiger partial charge in [-0.15, -0.1) is 0 Å². The lowest BCUT2D eigenvalue weighted by atomic mass is 9.77. The summed E-state index contributed by atoms with van der Waals surface area (Å²) in [4.78, 5) is 14.9. The number of methoxy groups -OCH3 is 1. The van der Waals surface area contributed by atoms with Gasteiger partial charge in [-0.05, 0) is 35.4 Å². The SMILES string of the molecule is COc1ccc([C@H]2C(=O)N(c3ccccc3)[C@@H]2c2ccccc2)cc1. The Morgan fingerprint density at radius 3 is 1.96 bits per heavy atom. The van der Waals surface area contributed by atoms with Crippen molar-refractivity contribution in [1.29, 1.82) is 0 Å². The Morgan fingerprint density at radius 1 is 0.760 bits per heavy atom. The van der Waals surface area contributed by atoms with Crippen molar-refractivity contribution in [1.82, 2.24) is 0 Å². The molecule has 1 aliphatic heterocycles. The number of carbonyl (C=O) groups is 1. The largest absolute Gasteiger partial charge is 0.497 e. The highest BCUT2D eigenvalue weighted by Crippen LogP contribution is 2.48. The van der Waals surface area contributed by atoms with Crippen LogP contribution in [0.5, 0.6) is 5.75 Å². The maximum absolute atomic E-state index is 13.0. The third-order valence-electron chi connectivity index (χ3n) is 4.75. The summed E-state index contributed by atoms with van der Waals surface area (Å²) >= 11 is 0. The van der Waals surface area contributed by atoms with Gasteiger partial charge >= 0.3 is 0 Å². The molecule has 1 aliphatic rings. The molecule has 2 atom stereocenters. The van der Waals surface area contributed by atoms with Crippen molar-refractivity contribution in [3.8, 4) is 5.75 Å². The van der Waals surface area contributed by atoms with E-state index in [-0.39, 0.29) is 17.9 Å². The molecule has 0 bridgehead atoms. The summed E-state index contributed by atoms with van der Waals surface area (Å²) in [5, 5.41) is 0. The predicted octanol–water partition coefficient (Wildman–Crippen LogP) is 4.57. The van der Waals surface area contributed by atoms with Gasteiger partial charge in [0.25, 0.3) is 0 Å². The van der Waals surface area contributed by atoms with Crippen molar-refractivity contribution in [3.63, 3.8) is 0 Å². The zero-order valence-corrected chi connectivity index (χ0v) is 14.0. The third-order valence-corrected chi connectivity index (χ3v) is 4.75. The monoisotopic (exact) mass is 329 g/mol. The zero-order valence-electron chi connectivity index (χ0n) is 14.0. The summed E-state index contributed by atoms with van der Waals surface area (Å²) in [6.45, 7) is 0. The average Bonchev–Trinajstić information content (AvgIpc) is 2.68. The van der Waals surface area contributed by atoms with Gasteiger partial charge in [-0.25, -0.2) is 0 Å². The van der Waals surface area contributed by atoms with Crippen LogP contribution in [0.1, 0.15) is 23.1 Å². The molecule has 0 aromatic heterocycles. The summed E-state index contributed by atoms with van der Waals surface area (Å²) in [6.07, 6.45) is 0. The molecular formula is C22H19NO2. The summed E-state index contributed by atoms with van der Waals surface area (Å²) in [6, 6.07) is 27.9. The average molecular weight is 329 g/mol. The van der Waals surface area contributed by atoms with Crippen LogP contribution in [0.3, 0.4) is 0 Å². The first-order valence-corrected chi connectivity index (χ1v) is 8.36. The number of ether oxygens (including phenoxy) is 1. The summed E-state index contributed by atoms with van der Waals surface area (Å²) < 4.78 is 5.23. The van der Waals surface area contributed by atoms with Crippen LogP contribution in [0.15, 0.2) is 84.9 Å². The van der Waals surface area contributed by atoms with Crippen molar-refractivity contribution < 1.29 is 9.53 Å².